The third kappa shape index (κ3) is 3.31. The van der Waals surface area contributed by atoms with Crippen LogP contribution in [0.3, 0.4) is 0 Å². The highest BCUT2D eigenvalue weighted by Gasteiger charge is 2.26. The second-order valence-electron chi connectivity index (χ2n) is 6.75. The van der Waals surface area contributed by atoms with Gasteiger partial charge in [0.05, 0.1) is 0 Å². The zero-order chi connectivity index (χ0) is 15.7. The molecule has 3 rings (SSSR count). The topological polar surface area (TPSA) is 3.88 Å². The lowest BCUT2D eigenvalue weighted by atomic mass is 9.78. The van der Waals surface area contributed by atoms with Crippen LogP contribution in [-0.2, 0) is 7.05 Å². The van der Waals surface area contributed by atoms with E-state index in [0.717, 1.165) is 12.2 Å². The Morgan fingerprint density at radius 3 is 2.77 bits per heavy atom. The van der Waals surface area contributed by atoms with Crippen molar-refractivity contribution in [2.24, 2.45) is 12.5 Å². The van der Waals surface area contributed by atoms with Crippen molar-refractivity contribution < 1.29 is 4.57 Å². The van der Waals surface area contributed by atoms with Gasteiger partial charge in [-0.25, -0.2) is 0 Å². The van der Waals surface area contributed by atoms with Gasteiger partial charge in [-0.3, -0.25) is 0 Å². The van der Waals surface area contributed by atoms with Crippen molar-refractivity contribution in [1.29, 1.82) is 0 Å². The third-order valence-corrected chi connectivity index (χ3v) is 6.18. The number of fused-ring (bicyclic) bond motifs is 1. The van der Waals surface area contributed by atoms with Gasteiger partial charge in [0, 0.05) is 12.1 Å². The van der Waals surface area contributed by atoms with Crippen molar-refractivity contribution >= 4 is 39.4 Å². The molecule has 0 bridgehead atoms. The quantitative estimate of drug-likeness (QED) is 0.666. The van der Waals surface area contributed by atoms with Gasteiger partial charge in [0.2, 0.25) is 5.52 Å². The Balaban J connectivity index is 2.01. The number of thioether (sulfide) groups is 1. The fourth-order valence-corrected chi connectivity index (χ4v) is 5.40. The highest BCUT2D eigenvalue weighted by molar-refractivity contribution is 8.03. The molecule has 0 atom stereocenters. The largest absolute Gasteiger partial charge is 0.262 e. The summed E-state index contributed by atoms with van der Waals surface area (Å²) in [7, 11) is 2.17. The van der Waals surface area contributed by atoms with Crippen LogP contribution in [0.5, 0.6) is 0 Å². The lowest BCUT2D eigenvalue weighted by molar-refractivity contribution is -0.642. The molecule has 3 heteroatoms. The van der Waals surface area contributed by atoms with Gasteiger partial charge in [-0.1, -0.05) is 44.2 Å². The minimum absolute atomic E-state index is 0.368. The van der Waals surface area contributed by atoms with Gasteiger partial charge in [-0.15, -0.1) is 11.8 Å². The molecule has 0 N–H and O–H groups in total. The number of para-hydroxylation sites is 1. The summed E-state index contributed by atoms with van der Waals surface area (Å²) in [6.07, 6.45) is 7.18. The van der Waals surface area contributed by atoms with E-state index in [1.54, 1.807) is 0 Å². The molecule has 116 valence electrons. The van der Waals surface area contributed by atoms with Crippen LogP contribution in [0.1, 0.15) is 38.6 Å². The molecule has 1 aliphatic rings. The molecule has 22 heavy (non-hydrogen) atoms. The molecule has 1 heterocycles. The number of allylic oxidation sites excluding steroid dienone is 3. The van der Waals surface area contributed by atoms with E-state index >= 15 is 0 Å². The highest BCUT2D eigenvalue weighted by atomic mass is 32.2. The van der Waals surface area contributed by atoms with Crippen LogP contribution in [0.15, 0.2) is 40.8 Å². The van der Waals surface area contributed by atoms with Crippen LogP contribution in [0.2, 0.25) is 0 Å². The number of nitrogens with zero attached hydrogens (tertiary/aromatic N) is 1. The third-order valence-electron chi connectivity index (χ3n) is 4.09. The first kappa shape index (κ1) is 15.8. The molecule has 2 aromatic rings. The molecule has 0 saturated carbocycles. The smallest absolute Gasteiger partial charge is 0.185 e. The van der Waals surface area contributed by atoms with Crippen molar-refractivity contribution in [2.45, 2.75) is 33.6 Å². The van der Waals surface area contributed by atoms with E-state index in [0.29, 0.717) is 5.41 Å². The Morgan fingerprint density at radius 1 is 1.27 bits per heavy atom. The van der Waals surface area contributed by atoms with E-state index in [1.807, 2.05) is 23.1 Å². The first-order valence-electron chi connectivity index (χ1n) is 7.90. The van der Waals surface area contributed by atoms with Crippen LogP contribution in [0.25, 0.3) is 16.3 Å². The van der Waals surface area contributed by atoms with Gasteiger partial charge in [0.15, 0.2) is 0 Å². The van der Waals surface area contributed by atoms with Crippen molar-refractivity contribution in [3.8, 4) is 0 Å². The average molecular weight is 331 g/mol. The van der Waals surface area contributed by atoms with Gasteiger partial charge < -0.3 is 0 Å². The Kier molecular flexibility index (Phi) is 4.47. The van der Waals surface area contributed by atoms with Crippen LogP contribution < -0.4 is 4.57 Å². The maximum absolute atomic E-state index is 2.42. The van der Waals surface area contributed by atoms with E-state index < -0.39 is 0 Å². The SMILES string of the molecule is CCSC1=CC(=Cc2sc3ccccc3[n+]2C)CC(C)(C)C1. The summed E-state index contributed by atoms with van der Waals surface area (Å²) in [6, 6.07) is 8.65. The Labute approximate surface area is 141 Å². The second kappa shape index (κ2) is 6.21. The van der Waals surface area contributed by atoms with Gasteiger partial charge in [-0.2, -0.15) is 4.57 Å². The van der Waals surface area contributed by atoms with E-state index in [-0.39, 0.29) is 0 Å². The minimum Gasteiger partial charge on any atom is -0.185 e. The molecule has 1 aromatic carbocycles. The number of benzene rings is 1. The fraction of sp³-hybridized carbons (Fsp3) is 0.421. The lowest BCUT2D eigenvalue weighted by Crippen LogP contribution is -2.29. The lowest BCUT2D eigenvalue weighted by Gasteiger charge is -2.30. The van der Waals surface area contributed by atoms with Gasteiger partial charge in [-0.05, 0) is 46.6 Å². The summed E-state index contributed by atoms with van der Waals surface area (Å²) in [4.78, 5) is 1.54. The van der Waals surface area contributed by atoms with Gasteiger partial charge >= 0.3 is 0 Å². The Bertz CT molecular complexity index is 750. The van der Waals surface area contributed by atoms with Gasteiger partial charge in [0.1, 0.15) is 11.7 Å². The Morgan fingerprint density at radius 2 is 2.05 bits per heavy atom. The second-order valence-corrected chi connectivity index (χ2v) is 9.20. The standard InChI is InChI=1S/C19H24NS2/c1-5-21-15-10-14(12-19(2,3)13-15)11-18-20(4)16-8-6-7-9-17(16)22-18/h6-11H,5,12-13H2,1-4H3/q+1. The summed E-state index contributed by atoms with van der Waals surface area (Å²) in [5.41, 5.74) is 3.16. The van der Waals surface area contributed by atoms with Crippen molar-refractivity contribution in [2.75, 3.05) is 5.75 Å². The van der Waals surface area contributed by atoms with Crippen LogP contribution in [0, 0.1) is 5.41 Å². The molecule has 0 amide bonds. The van der Waals surface area contributed by atoms with E-state index in [4.69, 9.17) is 0 Å². The highest BCUT2D eigenvalue weighted by Crippen LogP contribution is 2.42. The zero-order valence-electron chi connectivity index (χ0n) is 13.8. The maximum Gasteiger partial charge on any atom is 0.262 e. The molecule has 0 unspecified atom stereocenters. The number of aromatic nitrogens is 1. The van der Waals surface area contributed by atoms with E-state index in [9.17, 15) is 0 Å². The van der Waals surface area contributed by atoms with Crippen molar-refractivity contribution in [3.05, 3.63) is 45.8 Å². The first-order chi connectivity index (χ1) is 10.5. The number of thiazole rings is 1. The number of rotatable bonds is 3. The molecule has 0 aliphatic heterocycles. The normalized spacial score (nSPS) is 19.6. The number of hydrogen-bond donors (Lipinski definition) is 0. The van der Waals surface area contributed by atoms with E-state index in [2.05, 4.69) is 68.8 Å². The summed E-state index contributed by atoms with van der Waals surface area (Å²) in [5.74, 6) is 1.16. The van der Waals surface area contributed by atoms with Crippen molar-refractivity contribution in [1.82, 2.24) is 0 Å². The molecule has 0 radical (unpaired) electrons. The molecule has 0 fully saturated rings. The average Bonchev–Trinajstić information content (AvgIpc) is 2.75. The fourth-order valence-electron chi connectivity index (χ4n) is 3.17. The minimum atomic E-state index is 0.368. The molecule has 1 aliphatic carbocycles. The summed E-state index contributed by atoms with van der Waals surface area (Å²) in [5, 5.41) is 1.34. The molecule has 1 nitrogen and oxygen atoms in total. The number of aryl methyl sites for hydroxylation is 1. The summed E-state index contributed by atoms with van der Waals surface area (Å²) in [6.45, 7) is 7.01. The Hall–Kier alpha value is -1.06. The predicted molar refractivity (Wildman–Crippen MR) is 100 cm³/mol. The molecular weight excluding hydrogens is 306 g/mol. The monoisotopic (exact) mass is 330 g/mol. The molecule has 0 saturated heterocycles. The summed E-state index contributed by atoms with van der Waals surface area (Å²) >= 11 is 3.88. The molecular formula is C19H24NS2+. The first-order valence-corrected chi connectivity index (χ1v) is 9.70. The number of hydrogen-bond acceptors (Lipinski definition) is 2. The van der Waals surface area contributed by atoms with E-state index in [1.165, 1.54) is 32.1 Å². The molecule has 1 aromatic heterocycles. The zero-order valence-corrected chi connectivity index (χ0v) is 15.5. The summed E-state index contributed by atoms with van der Waals surface area (Å²) < 4.78 is 3.67. The van der Waals surface area contributed by atoms with Crippen LogP contribution in [-0.4, -0.2) is 5.75 Å². The van der Waals surface area contributed by atoms with Crippen LogP contribution >= 0.6 is 23.1 Å². The molecule has 0 spiro atoms. The van der Waals surface area contributed by atoms with Crippen molar-refractivity contribution in [3.63, 3.8) is 0 Å². The predicted octanol–water partition coefficient (Wildman–Crippen LogP) is 5.57. The van der Waals surface area contributed by atoms with Crippen LogP contribution in [0.4, 0.5) is 0 Å². The maximum atomic E-state index is 2.42. The van der Waals surface area contributed by atoms with Gasteiger partial charge in [0.25, 0.3) is 5.01 Å².